The summed E-state index contributed by atoms with van der Waals surface area (Å²) in [4.78, 5) is 8.00. The van der Waals surface area contributed by atoms with Crippen LogP contribution in [0.25, 0.3) is 0 Å². The van der Waals surface area contributed by atoms with Crippen LogP contribution in [0.2, 0.25) is 10.3 Å². The first-order valence-electron chi connectivity index (χ1n) is 5.58. The lowest BCUT2D eigenvalue weighted by Gasteiger charge is -2.12. The van der Waals surface area contributed by atoms with Crippen molar-refractivity contribution in [2.24, 2.45) is 0 Å². The molecule has 2 rings (SSSR count). The quantitative estimate of drug-likeness (QED) is 0.839. The van der Waals surface area contributed by atoms with E-state index in [1.807, 2.05) is 6.92 Å². The van der Waals surface area contributed by atoms with Gasteiger partial charge in [-0.3, -0.25) is 4.98 Å². The van der Waals surface area contributed by atoms with E-state index in [0.29, 0.717) is 17.7 Å². The van der Waals surface area contributed by atoms with Crippen LogP contribution in [0.3, 0.4) is 0 Å². The fraction of sp³-hybridized carbons (Fsp3) is 0.231. The molecule has 19 heavy (non-hydrogen) atoms. The number of hydrogen-bond acceptors (Lipinski definition) is 2. The molecule has 0 fully saturated rings. The van der Waals surface area contributed by atoms with Gasteiger partial charge < -0.3 is 0 Å². The standard InChI is InChI=1S/C13H10Cl2F2N2/c1-7(12-13(15)19-11(14)6-18-12)2-8-3-9(16)5-10(17)4-8/h3-7H,2H2,1H3. The highest BCUT2D eigenvalue weighted by Gasteiger charge is 2.14. The van der Waals surface area contributed by atoms with E-state index in [1.54, 1.807) is 0 Å². The second-order valence-electron chi connectivity index (χ2n) is 4.25. The van der Waals surface area contributed by atoms with Crippen LogP contribution in [0.4, 0.5) is 8.78 Å². The molecule has 1 atom stereocenters. The smallest absolute Gasteiger partial charge is 0.152 e. The summed E-state index contributed by atoms with van der Waals surface area (Å²) in [6.07, 6.45) is 1.80. The van der Waals surface area contributed by atoms with Crippen LogP contribution in [-0.4, -0.2) is 9.97 Å². The second-order valence-corrected chi connectivity index (χ2v) is 5.00. The van der Waals surface area contributed by atoms with Crippen molar-refractivity contribution in [1.82, 2.24) is 9.97 Å². The Morgan fingerprint density at radius 2 is 1.79 bits per heavy atom. The molecule has 6 heteroatoms. The molecule has 0 radical (unpaired) electrons. The van der Waals surface area contributed by atoms with Crippen molar-refractivity contribution in [2.75, 3.05) is 0 Å². The fourth-order valence-corrected chi connectivity index (χ4v) is 2.37. The van der Waals surface area contributed by atoms with Crippen LogP contribution in [0.15, 0.2) is 24.4 Å². The van der Waals surface area contributed by atoms with Gasteiger partial charge in [-0.15, -0.1) is 0 Å². The van der Waals surface area contributed by atoms with Crippen LogP contribution in [0.1, 0.15) is 24.1 Å². The molecule has 0 aliphatic rings. The summed E-state index contributed by atoms with van der Waals surface area (Å²) in [5, 5.41) is 0.412. The van der Waals surface area contributed by atoms with Gasteiger partial charge in [0.2, 0.25) is 0 Å². The van der Waals surface area contributed by atoms with Gasteiger partial charge in [-0.05, 0) is 24.1 Å². The first kappa shape index (κ1) is 14.2. The average molecular weight is 303 g/mol. The van der Waals surface area contributed by atoms with E-state index in [2.05, 4.69) is 9.97 Å². The minimum Gasteiger partial charge on any atom is -0.255 e. The van der Waals surface area contributed by atoms with Crippen molar-refractivity contribution in [3.63, 3.8) is 0 Å². The van der Waals surface area contributed by atoms with Crippen molar-refractivity contribution in [2.45, 2.75) is 19.3 Å². The van der Waals surface area contributed by atoms with Gasteiger partial charge in [0.15, 0.2) is 5.15 Å². The van der Waals surface area contributed by atoms with Crippen LogP contribution in [0.5, 0.6) is 0 Å². The summed E-state index contributed by atoms with van der Waals surface area (Å²) >= 11 is 11.6. The van der Waals surface area contributed by atoms with Crippen LogP contribution >= 0.6 is 23.2 Å². The number of aromatic nitrogens is 2. The molecule has 1 heterocycles. The third kappa shape index (κ3) is 3.61. The number of nitrogens with zero attached hydrogens (tertiary/aromatic N) is 2. The van der Waals surface area contributed by atoms with Crippen LogP contribution in [-0.2, 0) is 6.42 Å². The van der Waals surface area contributed by atoms with Crippen molar-refractivity contribution < 1.29 is 8.78 Å². The van der Waals surface area contributed by atoms with E-state index >= 15 is 0 Å². The SMILES string of the molecule is CC(Cc1cc(F)cc(F)c1)c1ncc(Cl)nc1Cl. The third-order valence-corrected chi connectivity index (χ3v) is 3.12. The van der Waals surface area contributed by atoms with E-state index in [9.17, 15) is 8.78 Å². The van der Waals surface area contributed by atoms with Crippen molar-refractivity contribution in [3.8, 4) is 0 Å². The highest BCUT2D eigenvalue weighted by atomic mass is 35.5. The highest BCUT2D eigenvalue weighted by molar-refractivity contribution is 6.32. The minimum absolute atomic E-state index is 0.126. The number of hydrogen-bond donors (Lipinski definition) is 0. The fourth-order valence-electron chi connectivity index (χ4n) is 1.87. The molecule has 0 aliphatic carbocycles. The molecule has 1 aromatic carbocycles. The predicted octanol–water partition coefficient (Wildman–Crippen LogP) is 4.41. The number of benzene rings is 1. The molecule has 2 aromatic rings. The number of halogens is 4. The van der Waals surface area contributed by atoms with Gasteiger partial charge in [0.05, 0.1) is 11.9 Å². The van der Waals surface area contributed by atoms with Gasteiger partial charge >= 0.3 is 0 Å². The van der Waals surface area contributed by atoms with Crippen LogP contribution < -0.4 is 0 Å². The zero-order valence-electron chi connectivity index (χ0n) is 10.0. The summed E-state index contributed by atoms with van der Waals surface area (Å²) in [5.74, 6) is -1.33. The summed E-state index contributed by atoms with van der Waals surface area (Å²) in [7, 11) is 0. The molecule has 0 bridgehead atoms. The second kappa shape index (κ2) is 5.80. The predicted molar refractivity (Wildman–Crippen MR) is 70.5 cm³/mol. The summed E-state index contributed by atoms with van der Waals surface area (Å²) in [6, 6.07) is 3.41. The molecule has 0 aliphatic heterocycles. The van der Waals surface area contributed by atoms with Crippen molar-refractivity contribution >= 4 is 23.2 Å². The van der Waals surface area contributed by atoms with E-state index in [4.69, 9.17) is 23.2 Å². The molecule has 1 aromatic heterocycles. The molecule has 0 saturated heterocycles. The maximum absolute atomic E-state index is 13.1. The van der Waals surface area contributed by atoms with E-state index in [1.165, 1.54) is 18.3 Å². The Hall–Kier alpha value is -1.26. The average Bonchev–Trinajstić information content (AvgIpc) is 2.26. The maximum Gasteiger partial charge on any atom is 0.152 e. The van der Waals surface area contributed by atoms with Crippen LogP contribution in [0, 0.1) is 11.6 Å². The Bertz CT molecular complexity index is 585. The molecule has 100 valence electrons. The largest absolute Gasteiger partial charge is 0.255 e. The zero-order valence-corrected chi connectivity index (χ0v) is 11.5. The van der Waals surface area contributed by atoms with Gasteiger partial charge in [0.25, 0.3) is 0 Å². The van der Waals surface area contributed by atoms with Gasteiger partial charge in [-0.1, -0.05) is 30.1 Å². The molecule has 0 N–H and O–H groups in total. The Morgan fingerprint density at radius 3 is 2.37 bits per heavy atom. The molecular formula is C13H10Cl2F2N2. The normalized spacial score (nSPS) is 12.5. The Morgan fingerprint density at radius 1 is 1.16 bits per heavy atom. The summed E-state index contributed by atoms with van der Waals surface area (Å²) in [5.41, 5.74) is 1.09. The molecule has 2 nitrogen and oxygen atoms in total. The van der Waals surface area contributed by atoms with Crippen molar-refractivity contribution in [3.05, 3.63) is 57.6 Å². The Balaban J connectivity index is 2.22. The highest BCUT2D eigenvalue weighted by Crippen LogP contribution is 2.25. The minimum atomic E-state index is -0.601. The molecule has 1 unspecified atom stereocenters. The monoisotopic (exact) mass is 302 g/mol. The van der Waals surface area contributed by atoms with E-state index in [0.717, 1.165) is 6.07 Å². The summed E-state index contributed by atoms with van der Waals surface area (Å²) < 4.78 is 26.2. The molecule has 0 amide bonds. The molecule has 0 spiro atoms. The first-order valence-corrected chi connectivity index (χ1v) is 6.34. The zero-order chi connectivity index (χ0) is 14.0. The van der Waals surface area contributed by atoms with Gasteiger partial charge in [-0.25, -0.2) is 13.8 Å². The Labute approximate surface area is 119 Å². The lowest BCUT2D eigenvalue weighted by Crippen LogP contribution is -2.04. The molecule has 0 saturated carbocycles. The Kier molecular flexibility index (Phi) is 4.32. The van der Waals surface area contributed by atoms with Crippen molar-refractivity contribution in [1.29, 1.82) is 0 Å². The van der Waals surface area contributed by atoms with Gasteiger partial charge in [0.1, 0.15) is 16.8 Å². The van der Waals surface area contributed by atoms with E-state index < -0.39 is 11.6 Å². The maximum atomic E-state index is 13.1. The lowest BCUT2D eigenvalue weighted by molar-refractivity contribution is 0.576. The van der Waals surface area contributed by atoms with Gasteiger partial charge in [0, 0.05) is 12.0 Å². The lowest BCUT2D eigenvalue weighted by atomic mass is 9.98. The topological polar surface area (TPSA) is 25.8 Å². The number of rotatable bonds is 3. The van der Waals surface area contributed by atoms with E-state index in [-0.39, 0.29) is 16.2 Å². The third-order valence-electron chi connectivity index (χ3n) is 2.66. The first-order chi connectivity index (χ1) is 8.95. The van der Waals surface area contributed by atoms with Gasteiger partial charge in [-0.2, -0.15) is 0 Å². The molecular weight excluding hydrogens is 293 g/mol. The summed E-state index contributed by atoms with van der Waals surface area (Å²) in [6.45, 7) is 1.85.